The number of anilines is 1. The van der Waals surface area contributed by atoms with Crippen molar-refractivity contribution in [3.05, 3.63) is 59.2 Å². The molecule has 0 aliphatic heterocycles. The van der Waals surface area contributed by atoms with E-state index in [1.165, 1.54) is 13.2 Å². The van der Waals surface area contributed by atoms with Gasteiger partial charge in [-0.3, -0.25) is 0 Å². The van der Waals surface area contributed by atoms with Crippen molar-refractivity contribution in [3.63, 3.8) is 0 Å². The zero-order valence-corrected chi connectivity index (χ0v) is 11.5. The van der Waals surface area contributed by atoms with Gasteiger partial charge in [-0.2, -0.15) is 5.26 Å². The van der Waals surface area contributed by atoms with Crippen LogP contribution in [0.1, 0.15) is 21.5 Å². The Bertz CT molecular complexity index is 688. The van der Waals surface area contributed by atoms with Gasteiger partial charge in [0, 0.05) is 0 Å². The van der Waals surface area contributed by atoms with Gasteiger partial charge in [-0.1, -0.05) is 12.1 Å². The van der Waals surface area contributed by atoms with Crippen molar-refractivity contribution in [2.45, 2.75) is 6.61 Å². The van der Waals surface area contributed by atoms with E-state index in [2.05, 4.69) is 0 Å². The molecule has 0 aliphatic carbocycles. The Balaban J connectivity index is 2.02. The van der Waals surface area contributed by atoms with Crippen LogP contribution in [-0.4, -0.2) is 13.1 Å². The van der Waals surface area contributed by atoms with E-state index < -0.39 is 5.97 Å². The van der Waals surface area contributed by atoms with Crippen molar-refractivity contribution in [1.82, 2.24) is 0 Å². The molecular formula is C16H14N2O3. The summed E-state index contributed by atoms with van der Waals surface area (Å²) in [6.45, 7) is 0.136. The maximum atomic E-state index is 11.9. The molecule has 0 saturated carbocycles. The van der Waals surface area contributed by atoms with E-state index >= 15 is 0 Å². The van der Waals surface area contributed by atoms with Crippen LogP contribution in [0.15, 0.2) is 42.5 Å². The molecular weight excluding hydrogens is 268 g/mol. The molecule has 106 valence electrons. The first-order valence-electron chi connectivity index (χ1n) is 6.23. The van der Waals surface area contributed by atoms with E-state index in [1.807, 2.05) is 6.07 Å². The van der Waals surface area contributed by atoms with E-state index in [4.69, 9.17) is 20.5 Å². The molecule has 0 atom stereocenters. The first-order valence-corrected chi connectivity index (χ1v) is 6.23. The Morgan fingerprint density at radius 1 is 1.24 bits per heavy atom. The predicted molar refractivity (Wildman–Crippen MR) is 77.7 cm³/mol. The summed E-state index contributed by atoms with van der Waals surface area (Å²) in [5.41, 5.74) is 7.89. The molecule has 0 fully saturated rings. The Kier molecular flexibility index (Phi) is 4.42. The minimum atomic E-state index is -0.461. The second-order valence-electron chi connectivity index (χ2n) is 4.34. The number of hydrogen-bond donors (Lipinski definition) is 1. The van der Waals surface area contributed by atoms with Gasteiger partial charge >= 0.3 is 5.97 Å². The molecule has 2 aromatic rings. The summed E-state index contributed by atoms with van der Waals surface area (Å²) in [6, 6.07) is 13.6. The average molecular weight is 282 g/mol. The quantitative estimate of drug-likeness (QED) is 0.688. The molecule has 0 radical (unpaired) electrons. The lowest BCUT2D eigenvalue weighted by atomic mass is 10.1. The van der Waals surface area contributed by atoms with Crippen LogP contribution < -0.4 is 10.5 Å². The van der Waals surface area contributed by atoms with Crippen LogP contribution in [-0.2, 0) is 11.3 Å². The van der Waals surface area contributed by atoms with Crippen LogP contribution in [0.25, 0.3) is 0 Å². The maximum Gasteiger partial charge on any atom is 0.338 e. The Morgan fingerprint density at radius 2 is 1.95 bits per heavy atom. The fourth-order valence-electron chi connectivity index (χ4n) is 1.75. The fourth-order valence-corrected chi connectivity index (χ4v) is 1.75. The first-order chi connectivity index (χ1) is 10.1. The molecule has 5 nitrogen and oxygen atoms in total. The lowest BCUT2D eigenvalue weighted by molar-refractivity contribution is 0.0472. The van der Waals surface area contributed by atoms with Crippen molar-refractivity contribution in [1.29, 1.82) is 5.26 Å². The molecule has 2 aromatic carbocycles. The molecule has 2 N–H and O–H groups in total. The molecule has 5 heteroatoms. The maximum absolute atomic E-state index is 11.9. The number of nitriles is 1. The Labute approximate surface area is 122 Å². The highest BCUT2D eigenvalue weighted by Gasteiger charge is 2.10. The first kappa shape index (κ1) is 14.4. The molecule has 0 spiro atoms. The summed E-state index contributed by atoms with van der Waals surface area (Å²) in [4.78, 5) is 11.9. The fraction of sp³-hybridized carbons (Fsp3) is 0.125. The second-order valence-corrected chi connectivity index (χ2v) is 4.34. The number of ether oxygens (including phenoxy) is 2. The van der Waals surface area contributed by atoms with Gasteiger partial charge in [0.05, 0.1) is 30.0 Å². The molecule has 0 amide bonds. The van der Waals surface area contributed by atoms with Gasteiger partial charge < -0.3 is 15.2 Å². The minimum absolute atomic E-state index is 0.136. The number of methoxy groups -OCH3 is 1. The summed E-state index contributed by atoms with van der Waals surface area (Å²) < 4.78 is 10.3. The molecule has 0 saturated heterocycles. The number of nitrogens with zero attached hydrogens (tertiary/aromatic N) is 1. The molecule has 21 heavy (non-hydrogen) atoms. The topological polar surface area (TPSA) is 85.3 Å². The van der Waals surface area contributed by atoms with E-state index in [9.17, 15) is 4.79 Å². The van der Waals surface area contributed by atoms with Gasteiger partial charge in [0.1, 0.15) is 12.4 Å². The van der Waals surface area contributed by atoms with Gasteiger partial charge in [-0.25, -0.2) is 4.79 Å². The highest BCUT2D eigenvalue weighted by atomic mass is 16.5. The van der Waals surface area contributed by atoms with Crippen LogP contribution >= 0.6 is 0 Å². The van der Waals surface area contributed by atoms with Crippen LogP contribution in [0.2, 0.25) is 0 Å². The van der Waals surface area contributed by atoms with Crippen LogP contribution in [0.3, 0.4) is 0 Å². The average Bonchev–Trinajstić information content (AvgIpc) is 2.53. The molecule has 0 aliphatic rings. The number of carbonyl (C=O) groups excluding carboxylic acids is 1. The summed E-state index contributed by atoms with van der Waals surface area (Å²) in [5, 5.41) is 8.71. The number of esters is 1. The number of nitrogens with two attached hydrogens (primary N) is 1. The van der Waals surface area contributed by atoms with E-state index in [1.54, 1.807) is 36.4 Å². The monoisotopic (exact) mass is 282 g/mol. The summed E-state index contributed by atoms with van der Waals surface area (Å²) >= 11 is 0. The largest absolute Gasteiger partial charge is 0.495 e. The highest BCUT2D eigenvalue weighted by Crippen LogP contribution is 2.22. The zero-order valence-electron chi connectivity index (χ0n) is 11.5. The van der Waals surface area contributed by atoms with Crippen molar-refractivity contribution in [3.8, 4) is 11.8 Å². The van der Waals surface area contributed by atoms with Crippen LogP contribution in [0, 0.1) is 11.3 Å². The van der Waals surface area contributed by atoms with Crippen molar-refractivity contribution in [2.75, 3.05) is 12.8 Å². The standard InChI is InChI=1S/C16H14N2O3/c1-20-15-8-13(6-7-14(15)18)16(19)21-10-12-4-2-11(9-17)3-5-12/h2-8H,10,18H2,1H3. The van der Waals surface area contributed by atoms with Crippen molar-refractivity contribution in [2.24, 2.45) is 0 Å². The molecule has 0 heterocycles. The number of nitrogen functional groups attached to an aromatic ring is 1. The van der Waals surface area contributed by atoms with E-state index in [-0.39, 0.29) is 6.61 Å². The minimum Gasteiger partial charge on any atom is -0.495 e. The third-order valence-corrected chi connectivity index (χ3v) is 2.92. The van der Waals surface area contributed by atoms with Gasteiger partial charge in [0.2, 0.25) is 0 Å². The lowest BCUT2D eigenvalue weighted by Gasteiger charge is -2.08. The molecule has 2 rings (SSSR count). The number of rotatable bonds is 4. The summed E-state index contributed by atoms with van der Waals surface area (Å²) in [5.74, 6) is -0.0273. The normalized spacial score (nSPS) is 9.71. The third kappa shape index (κ3) is 3.51. The number of benzene rings is 2. The smallest absolute Gasteiger partial charge is 0.338 e. The van der Waals surface area contributed by atoms with Crippen LogP contribution in [0.5, 0.6) is 5.75 Å². The summed E-state index contributed by atoms with van der Waals surface area (Å²) in [7, 11) is 1.48. The van der Waals surface area contributed by atoms with Gasteiger partial charge in [-0.15, -0.1) is 0 Å². The molecule has 0 bridgehead atoms. The third-order valence-electron chi connectivity index (χ3n) is 2.92. The van der Waals surface area contributed by atoms with Crippen LogP contribution in [0.4, 0.5) is 5.69 Å². The Morgan fingerprint density at radius 3 is 2.57 bits per heavy atom. The second kappa shape index (κ2) is 6.44. The number of carbonyl (C=O) groups is 1. The van der Waals surface area contributed by atoms with Gasteiger partial charge in [0.15, 0.2) is 0 Å². The molecule has 0 aromatic heterocycles. The lowest BCUT2D eigenvalue weighted by Crippen LogP contribution is -2.06. The van der Waals surface area contributed by atoms with E-state index in [0.29, 0.717) is 22.6 Å². The van der Waals surface area contributed by atoms with Crippen molar-refractivity contribution < 1.29 is 14.3 Å². The summed E-state index contributed by atoms with van der Waals surface area (Å²) in [6.07, 6.45) is 0. The Hall–Kier alpha value is -3.00. The predicted octanol–water partition coefficient (Wildman–Crippen LogP) is 2.51. The van der Waals surface area contributed by atoms with Crippen molar-refractivity contribution >= 4 is 11.7 Å². The number of hydrogen-bond acceptors (Lipinski definition) is 5. The SMILES string of the molecule is COc1cc(C(=O)OCc2ccc(C#N)cc2)ccc1N. The van der Waals surface area contributed by atoms with E-state index in [0.717, 1.165) is 5.56 Å². The molecule has 0 unspecified atom stereocenters. The zero-order chi connectivity index (χ0) is 15.2. The highest BCUT2D eigenvalue weighted by molar-refractivity contribution is 5.90. The van der Waals surface area contributed by atoms with Gasteiger partial charge in [-0.05, 0) is 35.9 Å². The van der Waals surface area contributed by atoms with Gasteiger partial charge in [0.25, 0.3) is 0 Å².